The first-order chi connectivity index (χ1) is 8.58. The molecule has 2 atom stereocenters. The molecule has 2 unspecified atom stereocenters. The summed E-state index contributed by atoms with van der Waals surface area (Å²) in [6.45, 7) is 2.37. The highest BCUT2D eigenvalue weighted by atomic mass is 16.5. The van der Waals surface area contributed by atoms with Gasteiger partial charge in [0.25, 0.3) is 0 Å². The highest BCUT2D eigenvalue weighted by Crippen LogP contribution is 2.23. The predicted molar refractivity (Wildman–Crippen MR) is 65.2 cm³/mol. The van der Waals surface area contributed by atoms with Crippen LogP contribution in [0.15, 0.2) is 24.3 Å². The van der Waals surface area contributed by atoms with Crippen molar-refractivity contribution in [2.75, 3.05) is 13.7 Å². The van der Waals surface area contributed by atoms with Gasteiger partial charge in [0.15, 0.2) is 0 Å². The maximum Gasteiger partial charge on any atom is 0.308 e. The van der Waals surface area contributed by atoms with Crippen molar-refractivity contribution in [3.8, 4) is 5.75 Å². The van der Waals surface area contributed by atoms with Crippen molar-refractivity contribution in [2.45, 2.75) is 25.6 Å². The third kappa shape index (κ3) is 4.01. The van der Waals surface area contributed by atoms with Crippen LogP contribution in [-0.2, 0) is 9.53 Å². The summed E-state index contributed by atoms with van der Waals surface area (Å²) in [6, 6.07) is 6.77. The molecule has 1 aromatic rings. The maximum absolute atomic E-state index is 11.0. The fourth-order valence-corrected chi connectivity index (χ4v) is 1.54. The average molecular weight is 254 g/mol. The van der Waals surface area contributed by atoms with Crippen LogP contribution in [0.3, 0.4) is 0 Å². The van der Waals surface area contributed by atoms with E-state index in [1.807, 2.05) is 6.92 Å². The first kappa shape index (κ1) is 14.5. The predicted octanol–water partition coefficient (Wildman–Crippen LogP) is 1.04. The van der Waals surface area contributed by atoms with Gasteiger partial charge in [-0.1, -0.05) is 12.1 Å². The van der Waals surface area contributed by atoms with Crippen LogP contribution in [0, 0.1) is 0 Å². The lowest BCUT2D eigenvalue weighted by Gasteiger charge is -2.17. The van der Waals surface area contributed by atoms with Gasteiger partial charge in [0.1, 0.15) is 11.9 Å². The first-order valence-corrected chi connectivity index (χ1v) is 5.74. The zero-order valence-corrected chi connectivity index (χ0v) is 10.5. The molecule has 5 heteroatoms. The molecule has 0 amide bonds. The molecule has 0 spiro atoms. The Hall–Kier alpha value is -1.59. The molecule has 0 aromatic heterocycles. The zero-order valence-electron chi connectivity index (χ0n) is 10.5. The third-order valence-electron chi connectivity index (χ3n) is 2.48. The van der Waals surface area contributed by atoms with E-state index in [9.17, 15) is 15.0 Å². The van der Waals surface area contributed by atoms with E-state index in [4.69, 9.17) is 4.74 Å². The standard InChI is InChI=1S/C13H18O5/c1-3-18-10-6-4-5-9(7-10)13(16)11(14)8-12(15)17-2/h4-7,11,13-14,16H,3,8H2,1-2H3. The summed E-state index contributed by atoms with van der Waals surface area (Å²) in [7, 11) is 1.23. The van der Waals surface area contributed by atoms with E-state index in [1.165, 1.54) is 7.11 Å². The van der Waals surface area contributed by atoms with Crippen LogP contribution < -0.4 is 4.74 Å². The number of hydrogen-bond donors (Lipinski definition) is 2. The average Bonchev–Trinajstić information content (AvgIpc) is 2.38. The molecule has 0 aliphatic heterocycles. The smallest absolute Gasteiger partial charge is 0.308 e. The van der Waals surface area contributed by atoms with Gasteiger partial charge in [-0.15, -0.1) is 0 Å². The minimum atomic E-state index is -1.20. The number of methoxy groups -OCH3 is 1. The maximum atomic E-state index is 11.0. The summed E-state index contributed by atoms with van der Waals surface area (Å²) in [4.78, 5) is 11.0. The molecule has 0 aliphatic carbocycles. The Morgan fingerprint density at radius 2 is 2.11 bits per heavy atom. The summed E-state index contributed by atoms with van der Waals surface area (Å²) in [5, 5.41) is 19.6. The zero-order chi connectivity index (χ0) is 13.5. The molecule has 18 heavy (non-hydrogen) atoms. The molecule has 2 N–H and O–H groups in total. The lowest BCUT2D eigenvalue weighted by atomic mass is 10.0. The summed E-state index contributed by atoms with van der Waals surface area (Å²) in [5.74, 6) is 0.0434. The van der Waals surface area contributed by atoms with Crippen LogP contribution in [0.4, 0.5) is 0 Å². The number of carbonyl (C=O) groups is 1. The molecule has 0 heterocycles. The van der Waals surface area contributed by atoms with Crippen molar-refractivity contribution < 1.29 is 24.5 Å². The Kier molecular flexibility index (Phi) is 5.61. The number of esters is 1. The summed E-state index contributed by atoms with van der Waals surface area (Å²) in [5.41, 5.74) is 0.498. The van der Waals surface area contributed by atoms with Gasteiger partial charge in [0.2, 0.25) is 0 Å². The van der Waals surface area contributed by atoms with Gasteiger partial charge in [-0.2, -0.15) is 0 Å². The van der Waals surface area contributed by atoms with Gasteiger partial charge in [0.05, 0.1) is 26.2 Å². The molecular formula is C13H18O5. The summed E-state index contributed by atoms with van der Waals surface area (Å²) < 4.78 is 9.73. The molecule has 0 bridgehead atoms. The molecule has 0 fully saturated rings. The Balaban J connectivity index is 2.73. The van der Waals surface area contributed by atoms with Crippen LogP contribution in [0.25, 0.3) is 0 Å². The van der Waals surface area contributed by atoms with E-state index >= 15 is 0 Å². The fraction of sp³-hybridized carbons (Fsp3) is 0.462. The van der Waals surface area contributed by atoms with Crippen LogP contribution in [0.2, 0.25) is 0 Å². The van der Waals surface area contributed by atoms with Gasteiger partial charge in [-0.05, 0) is 24.6 Å². The van der Waals surface area contributed by atoms with Crippen LogP contribution in [0.1, 0.15) is 25.0 Å². The van der Waals surface area contributed by atoms with E-state index in [-0.39, 0.29) is 6.42 Å². The molecular weight excluding hydrogens is 236 g/mol. The third-order valence-corrected chi connectivity index (χ3v) is 2.48. The highest BCUT2D eigenvalue weighted by Gasteiger charge is 2.22. The van der Waals surface area contributed by atoms with E-state index < -0.39 is 18.2 Å². The number of ether oxygens (including phenoxy) is 2. The molecule has 5 nitrogen and oxygen atoms in total. The first-order valence-electron chi connectivity index (χ1n) is 5.74. The van der Waals surface area contributed by atoms with Gasteiger partial charge in [-0.3, -0.25) is 4.79 Å². The Morgan fingerprint density at radius 1 is 1.39 bits per heavy atom. The van der Waals surface area contributed by atoms with Crippen molar-refractivity contribution in [2.24, 2.45) is 0 Å². The van der Waals surface area contributed by atoms with Crippen molar-refractivity contribution in [1.29, 1.82) is 0 Å². The summed E-state index contributed by atoms with van der Waals surface area (Å²) in [6.07, 6.45) is -2.60. The van der Waals surface area contributed by atoms with Crippen molar-refractivity contribution in [3.05, 3.63) is 29.8 Å². The topological polar surface area (TPSA) is 76.0 Å². The SMILES string of the molecule is CCOc1cccc(C(O)C(O)CC(=O)OC)c1. The van der Waals surface area contributed by atoms with E-state index in [0.717, 1.165) is 0 Å². The van der Waals surface area contributed by atoms with Crippen LogP contribution in [-0.4, -0.2) is 36.0 Å². The number of benzene rings is 1. The molecule has 0 saturated carbocycles. The normalized spacial score (nSPS) is 13.8. The van der Waals surface area contributed by atoms with Gasteiger partial charge < -0.3 is 19.7 Å². The Morgan fingerprint density at radius 3 is 2.72 bits per heavy atom. The summed E-state index contributed by atoms with van der Waals surface area (Å²) >= 11 is 0. The van der Waals surface area contributed by atoms with Gasteiger partial charge in [0, 0.05) is 0 Å². The largest absolute Gasteiger partial charge is 0.494 e. The fourth-order valence-electron chi connectivity index (χ4n) is 1.54. The number of aliphatic hydroxyl groups excluding tert-OH is 2. The highest BCUT2D eigenvalue weighted by molar-refractivity contribution is 5.69. The lowest BCUT2D eigenvalue weighted by molar-refractivity contribution is -0.144. The second-order valence-electron chi connectivity index (χ2n) is 3.80. The lowest BCUT2D eigenvalue weighted by Crippen LogP contribution is -2.22. The minimum absolute atomic E-state index is 0.253. The quantitative estimate of drug-likeness (QED) is 0.742. The van der Waals surface area contributed by atoms with Crippen molar-refractivity contribution in [1.82, 2.24) is 0 Å². The molecule has 0 radical (unpaired) electrons. The van der Waals surface area contributed by atoms with E-state index in [0.29, 0.717) is 17.9 Å². The van der Waals surface area contributed by atoms with Crippen LogP contribution in [0.5, 0.6) is 5.75 Å². The van der Waals surface area contributed by atoms with Crippen LogP contribution >= 0.6 is 0 Å². The Labute approximate surface area is 106 Å². The Bertz CT molecular complexity index is 391. The van der Waals surface area contributed by atoms with E-state index in [2.05, 4.69) is 4.74 Å². The molecule has 100 valence electrons. The molecule has 0 saturated heterocycles. The molecule has 1 rings (SSSR count). The molecule has 1 aromatic carbocycles. The number of carbonyl (C=O) groups excluding carboxylic acids is 1. The number of hydrogen-bond acceptors (Lipinski definition) is 5. The van der Waals surface area contributed by atoms with Crippen molar-refractivity contribution in [3.63, 3.8) is 0 Å². The monoisotopic (exact) mass is 254 g/mol. The van der Waals surface area contributed by atoms with Gasteiger partial charge in [-0.25, -0.2) is 0 Å². The minimum Gasteiger partial charge on any atom is -0.494 e. The number of aliphatic hydroxyl groups is 2. The second kappa shape index (κ2) is 6.98. The second-order valence-corrected chi connectivity index (χ2v) is 3.80. The van der Waals surface area contributed by atoms with Crippen molar-refractivity contribution >= 4 is 5.97 Å². The van der Waals surface area contributed by atoms with E-state index in [1.54, 1.807) is 24.3 Å². The molecule has 0 aliphatic rings. The number of rotatable bonds is 6. The van der Waals surface area contributed by atoms with Gasteiger partial charge >= 0.3 is 5.97 Å².